The van der Waals surface area contributed by atoms with Gasteiger partial charge < -0.3 is 10.1 Å². The number of nitrogens with one attached hydrogen (secondary N) is 1. The lowest BCUT2D eigenvalue weighted by Crippen LogP contribution is -2.46. The largest absolute Gasteiger partial charge is 0.497 e. The summed E-state index contributed by atoms with van der Waals surface area (Å²) in [5.74, 6) is 0.162. The van der Waals surface area contributed by atoms with Gasteiger partial charge in [0.1, 0.15) is 5.75 Å². The second-order valence-electron chi connectivity index (χ2n) is 8.21. The molecular formula is C24H32N2O4S. The Morgan fingerprint density at radius 3 is 2.52 bits per heavy atom. The van der Waals surface area contributed by atoms with Gasteiger partial charge in [0, 0.05) is 13.1 Å². The maximum Gasteiger partial charge on any atom is 0.243 e. The number of amides is 1. The number of aryl methyl sites for hydroxylation is 2. The van der Waals surface area contributed by atoms with Crippen LogP contribution in [0, 0.1) is 19.8 Å². The standard InChI is InChI=1S/C24H32N2O4S/c1-5-23(22-13-8-17(2)15-18(22)3)25-24(27)19-7-6-14-26(16-19)31(28,29)21-11-9-20(30-4)10-12-21/h8-13,15,19,23H,5-7,14,16H2,1-4H3,(H,25,27)/t19-,23+/m0/s1. The predicted octanol–water partition coefficient (Wildman–Crippen LogP) is 3.98. The van der Waals surface area contributed by atoms with E-state index in [0.717, 1.165) is 17.5 Å². The van der Waals surface area contributed by atoms with Crippen molar-refractivity contribution in [3.8, 4) is 5.75 Å². The molecule has 3 rings (SSSR count). The van der Waals surface area contributed by atoms with Gasteiger partial charge in [0.15, 0.2) is 0 Å². The number of sulfonamides is 1. The molecule has 7 heteroatoms. The number of piperidine rings is 1. The summed E-state index contributed by atoms with van der Waals surface area (Å²) in [6.07, 6.45) is 2.12. The van der Waals surface area contributed by atoms with Gasteiger partial charge in [0.05, 0.1) is 24.0 Å². The Bertz CT molecular complexity index is 1020. The van der Waals surface area contributed by atoms with Crippen molar-refractivity contribution < 1.29 is 17.9 Å². The van der Waals surface area contributed by atoms with Crippen LogP contribution in [-0.4, -0.2) is 38.8 Å². The molecule has 1 N–H and O–H groups in total. The molecule has 0 aliphatic carbocycles. The van der Waals surface area contributed by atoms with Crippen LogP contribution in [0.2, 0.25) is 0 Å². The predicted molar refractivity (Wildman–Crippen MR) is 122 cm³/mol. The van der Waals surface area contributed by atoms with Crippen molar-refractivity contribution in [1.29, 1.82) is 0 Å². The molecule has 0 spiro atoms. The van der Waals surface area contributed by atoms with E-state index in [0.29, 0.717) is 25.1 Å². The molecule has 0 unspecified atom stereocenters. The van der Waals surface area contributed by atoms with Crippen LogP contribution in [0.25, 0.3) is 0 Å². The van der Waals surface area contributed by atoms with Crippen molar-refractivity contribution in [2.45, 2.75) is 51.0 Å². The molecule has 0 bridgehead atoms. The highest BCUT2D eigenvalue weighted by atomic mass is 32.2. The fourth-order valence-corrected chi connectivity index (χ4v) is 5.70. The van der Waals surface area contributed by atoms with E-state index in [4.69, 9.17) is 4.74 Å². The Kier molecular flexibility index (Phi) is 7.38. The van der Waals surface area contributed by atoms with Gasteiger partial charge in [-0.05, 0) is 68.5 Å². The Balaban J connectivity index is 1.72. The second kappa shape index (κ2) is 9.83. The molecule has 1 heterocycles. The first-order chi connectivity index (χ1) is 14.8. The Morgan fingerprint density at radius 1 is 1.19 bits per heavy atom. The summed E-state index contributed by atoms with van der Waals surface area (Å²) in [5, 5.41) is 3.16. The molecule has 168 valence electrons. The zero-order valence-corrected chi connectivity index (χ0v) is 19.5. The van der Waals surface area contributed by atoms with E-state index in [1.54, 1.807) is 31.4 Å². The summed E-state index contributed by atoms with van der Waals surface area (Å²) in [6, 6.07) is 12.5. The maximum absolute atomic E-state index is 13.1. The first kappa shape index (κ1) is 23.3. The molecule has 0 saturated carbocycles. The topological polar surface area (TPSA) is 75.7 Å². The second-order valence-corrected chi connectivity index (χ2v) is 10.1. The molecule has 1 aliphatic heterocycles. The number of ether oxygens (including phenoxy) is 1. The zero-order chi connectivity index (χ0) is 22.6. The van der Waals surface area contributed by atoms with Crippen LogP contribution in [0.15, 0.2) is 47.4 Å². The number of carbonyl (C=O) groups excluding carboxylic acids is 1. The van der Waals surface area contributed by atoms with E-state index in [-0.39, 0.29) is 29.3 Å². The minimum absolute atomic E-state index is 0.0818. The number of hydrogen-bond donors (Lipinski definition) is 1. The average Bonchev–Trinajstić information content (AvgIpc) is 2.78. The van der Waals surface area contributed by atoms with Gasteiger partial charge in [-0.2, -0.15) is 4.31 Å². The highest BCUT2D eigenvalue weighted by Crippen LogP contribution is 2.27. The summed E-state index contributed by atoms with van der Waals surface area (Å²) >= 11 is 0. The summed E-state index contributed by atoms with van der Waals surface area (Å²) in [4.78, 5) is 13.3. The van der Waals surface area contributed by atoms with E-state index in [9.17, 15) is 13.2 Å². The molecule has 0 aromatic heterocycles. The third-order valence-corrected chi connectivity index (χ3v) is 7.86. The van der Waals surface area contributed by atoms with E-state index in [1.165, 1.54) is 9.87 Å². The van der Waals surface area contributed by atoms with Crippen LogP contribution in [0.5, 0.6) is 5.75 Å². The van der Waals surface area contributed by atoms with Crippen molar-refractivity contribution in [3.05, 3.63) is 59.2 Å². The van der Waals surface area contributed by atoms with Gasteiger partial charge >= 0.3 is 0 Å². The van der Waals surface area contributed by atoms with E-state index in [2.05, 4.69) is 37.4 Å². The number of hydrogen-bond acceptors (Lipinski definition) is 4. The molecule has 31 heavy (non-hydrogen) atoms. The van der Waals surface area contributed by atoms with Gasteiger partial charge in [-0.1, -0.05) is 30.7 Å². The Hall–Kier alpha value is -2.38. The van der Waals surface area contributed by atoms with E-state index >= 15 is 0 Å². The third-order valence-electron chi connectivity index (χ3n) is 5.98. The number of benzene rings is 2. The minimum atomic E-state index is -3.65. The van der Waals surface area contributed by atoms with Gasteiger partial charge in [0.2, 0.25) is 15.9 Å². The Labute approximate surface area is 185 Å². The molecular weight excluding hydrogens is 412 g/mol. The van der Waals surface area contributed by atoms with Crippen LogP contribution in [0.1, 0.15) is 48.9 Å². The summed E-state index contributed by atoms with van der Waals surface area (Å²) in [7, 11) is -2.11. The quantitative estimate of drug-likeness (QED) is 0.701. The zero-order valence-electron chi connectivity index (χ0n) is 18.7. The van der Waals surface area contributed by atoms with E-state index in [1.807, 2.05) is 6.92 Å². The van der Waals surface area contributed by atoms with Gasteiger partial charge in [-0.25, -0.2) is 8.42 Å². The average molecular weight is 445 g/mol. The van der Waals surface area contributed by atoms with Crippen LogP contribution >= 0.6 is 0 Å². The fraction of sp³-hybridized carbons (Fsp3) is 0.458. The maximum atomic E-state index is 13.1. The summed E-state index contributed by atoms with van der Waals surface area (Å²) < 4.78 is 32.7. The van der Waals surface area contributed by atoms with Crippen LogP contribution in [0.4, 0.5) is 0 Å². The van der Waals surface area contributed by atoms with Crippen LogP contribution in [0.3, 0.4) is 0 Å². The summed E-state index contributed by atoms with van der Waals surface area (Å²) in [6.45, 7) is 6.78. The number of methoxy groups -OCH3 is 1. The van der Waals surface area contributed by atoms with E-state index < -0.39 is 10.0 Å². The highest BCUT2D eigenvalue weighted by Gasteiger charge is 2.34. The van der Waals surface area contributed by atoms with Crippen molar-refractivity contribution in [2.24, 2.45) is 5.92 Å². The Morgan fingerprint density at radius 2 is 1.90 bits per heavy atom. The lowest BCUT2D eigenvalue weighted by molar-refractivity contribution is -0.126. The first-order valence-electron chi connectivity index (χ1n) is 10.8. The number of rotatable bonds is 7. The molecule has 2 atom stereocenters. The van der Waals surface area contributed by atoms with Gasteiger partial charge in [-0.15, -0.1) is 0 Å². The smallest absolute Gasteiger partial charge is 0.243 e. The lowest BCUT2D eigenvalue weighted by atomic mass is 9.95. The van der Waals surface area contributed by atoms with Crippen molar-refractivity contribution >= 4 is 15.9 Å². The molecule has 1 fully saturated rings. The van der Waals surface area contributed by atoms with Crippen molar-refractivity contribution in [1.82, 2.24) is 9.62 Å². The third kappa shape index (κ3) is 5.28. The minimum Gasteiger partial charge on any atom is -0.497 e. The van der Waals surface area contributed by atoms with Crippen molar-refractivity contribution in [2.75, 3.05) is 20.2 Å². The van der Waals surface area contributed by atoms with Gasteiger partial charge in [0.25, 0.3) is 0 Å². The fourth-order valence-electron chi connectivity index (χ4n) is 4.18. The first-order valence-corrected chi connectivity index (χ1v) is 12.2. The normalized spacial score (nSPS) is 18.4. The monoisotopic (exact) mass is 444 g/mol. The molecule has 1 amide bonds. The molecule has 2 aromatic rings. The molecule has 2 aromatic carbocycles. The number of carbonyl (C=O) groups is 1. The summed E-state index contributed by atoms with van der Waals surface area (Å²) in [5.41, 5.74) is 3.45. The number of nitrogens with zero attached hydrogens (tertiary/aromatic N) is 1. The van der Waals surface area contributed by atoms with Gasteiger partial charge in [-0.3, -0.25) is 4.79 Å². The molecule has 0 radical (unpaired) electrons. The molecule has 6 nitrogen and oxygen atoms in total. The van der Waals surface area contributed by atoms with Crippen molar-refractivity contribution in [3.63, 3.8) is 0 Å². The molecule has 1 saturated heterocycles. The SMILES string of the molecule is CC[C@@H](NC(=O)[C@H]1CCCN(S(=O)(=O)c2ccc(OC)cc2)C1)c1ccc(C)cc1C. The van der Waals surface area contributed by atoms with Crippen LogP contribution < -0.4 is 10.1 Å². The highest BCUT2D eigenvalue weighted by molar-refractivity contribution is 7.89. The lowest BCUT2D eigenvalue weighted by Gasteiger charge is -2.32. The molecule has 1 aliphatic rings. The van der Waals surface area contributed by atoms with Crippen LogP contribution in [-0.2, 0) is 14.8 Å².